The molecule has 0 atom stereocenters. The van der Waals surface area contributed by atoms with Crippen LogP contribution >= 0.6 is 0 Å². The Morgan fingerprint density at radius 3 is 1.90 bits per heavy atom. The minimum absolute atomic E-state index is 0.882. The van der Waals surface area contributed by atoms with E-state index in [1.165, 1.54) is 21.8 Å². The molecule has 0 aliphatic heterocycles. The van der Waals surface area contributed by atoms with Crippen LogP contribution in [0.5, 0.6) is 0 Å². The molecule has 9 aromatic rings. The third-order valence-corrected chi connectivity index (χ3v) is 8.01. The highest BCUT2D eigenvalue weighted by Gasteiger charge is 2.19. The Labute approximate surface area is 223 Å². The molecule has 3 nitrogen and oxygen atoms in total. The van der Waals surface area contributed by atoms with Crippen LogP contribution in [0.4, 0.5) is 0 Å². The molecule has 3 heterocycles. The summed E-state index contributed by atoms with van der Waals surface area (Å²) in [6.07, 6.45) is 0. The lowest BCUT2D eigenvalue weighted by molar-refractivity contribution is 0.666. The van der Waals surface area contributed by atoms with Gasteiger partial charge in [0.15, 0.2) is 5.58 Å². The smallest absolute Gasteiger partial charge is 0.159 e. The van der Waals surface area contributed by atoms with Crippen LogP contribution in [0.1, 0.15) is 0 Å². The highest BCUT2D eigenvalue weighted by Crippen LogP contribution is 2.42. The van der Waals surface area contributed by atoms with Gasteiger partial charge in [-0.1, -0.05) is 84.9 Å². The zero-order chi connectivity index (χ0) is 25.5. The van der Waals surface area contributed by atoms with Gasteiger partial charge in [-0.05, 0) is 53.6 Å². The lowest BCUT2D eigenvalue weighted by atomic mass is 9.98. The SMILES string of the molecule is c1ccc2c(c1)oc1ccc(-c3cccc4oc5c(-n6c7ccccc7c7ccccc76)cccc5c34)cc12. The van der Waals surface area contributed by atoms with Gasteiger partial charge in [-0.3, -0.25) is 0 Å². The minimum atomic E-state index is 0.882. The predicted octanol–water partition coefficient (Wildman–Crippen LogP) is 10.2. The van der Waals surface area contributed by atoms with Crippen molar-refractivity contribution in [2.45, 2.75) is 0 Å². The molecule has 0 fully saturated rings. The van der Waals surface area contributed by atoms with Gasteiger partial charge in [0.1, 0.15) is 16.7 Å². The van der Waals surface area contributed by atoms with E-state index in [0.717, 1.165) is 60.7 Å². The maximum absolute atomic E-state index is 6.67. The van der Waals surface area contributed by atoms with Crippen molar-refractivity contribution in [2.75, 3.05) is 0 Å². The average molecular weight is 500 g/mol. The van der Waals surface area contributed by atoms with Crippen LogP contribution in [0.15, 0.2) is 136 Å². The maximum atomic E-state index is 6.67. The molecule has 0 N–H and O–H groups in total. The van der Waals surface area contributed by atoms with Crippen molar-refractivity contribution in [3.8, 4) is 16.8 Å². The van der Waals surface area contributed by atoms with Gasteiger partial charge in [0.2, 0.25) is 0 Å². The Kier molecular flexibility index (Phi) is 4.05. The zero-order valence-electron chi connectivity index (χ0n) is 20.9. The van der Waals surface area contributed by atoms with Crippen LogP contribution in [-0.2, 0) is 0 Å². The lowest BCUT2D eigenvalue weighted by Crippen LogP contribution is -1.94. The largest absolute Gasteiger partial charge is 0.456 e. The first-order valence-corrected chi connectivity index (χ1v) is 13.2. The van der Waals surface area contributed by atoms with Gasteiger partial charge < -0.3 is 13.4 Å². The fourth-order valence-electron chi connectivity index (χ4n) is 6.33. The standard InChI is InChI=1S/C36H21NO2/c1-4-14-29-24(9-1)25-10-2-5-15-30(25)37(29)31-16-7-13-27-35-23(12-8-18-34(35)39-36(27)31)22-19-20-33-28(21-22)26-11-3-6-17-32(26)38-33/h1-21H. The number of hydrogen-bond acceptors (Lipinski definition) is 2. The van der Waals surface area contributed by atoms with Crippen LogP contribution in [0.2, 0.25) is 0 Å². The monoisotopic (exact) mass is 499 g/mol. The van der Waals surface area contributed by atoms with Gasteiger partial charge in [0.05, 0.1) is 16.7 Å². The molecule has 0 spiro atoms. The number of benzene rings is 6. The Bertz CT molecular complexity index is 2350. The molecular weight excluding hydrogens is 478 g/mol. The highest BCUT2D eigenvalue weighted by molar-refractivity contribution is 6.17. The van der Waals surface area contributed by atoms with Gasteiger partial charge in [-0.15, -0.1) is 0 Å². The zero-order valence-corrected chi connectivity index (χ0v) is 20.9. The molecule has 0 saturated carbocycles. The summed E-state index contributed by atoms with van der Waals surface area (Å²) < 4.78 is 15.1. The van der Waals surface area contributed by atoms with Crippen molar-refractivity contribution in [1.29, 1.82) is 0 Å². The molecule has 3 aromatic heterocycles. The molecule has 0 aliphatic rings. The number of hydrogen-bond donors (Lipinski definition) is 0. The van der Waals surface area contributed by atoms with E-state index in [4.69, 9.17) is 8.83 Å². The second-order valence-electron chi connectivity index (χ2n) is 10.1. The summed E-state index contributed by atoms with van der Waals surface area (Å²) in [5, 5.41) is 6.97. The van der Waals surface area contributed by atoms with Crippen LogP contribution in [0.25, 0.3) is 82.5 Å². The number of nitrogens with zero attached hydrogens (tertiary/aromatic N) is 1. The molecule has 0 saturated heterocycles. The number of aromatic nitrogens is 1. The second kappa shape index (κ2) is 7.62. The van der Waals surface area contributed by atoms with Gasteiger partial charge in [0, 0.05) is 32.3 Å². The number of fused-ring (bicyclic) bond motifs is 9. The van der Waals surface area contributed by atoms with E-state index in [-0.39, 0.29) is 0 Å². The molecule has 0 amide bonds. The van der Waals surface area contributed by atoms with Crippen LogP contribution in [-0.4, -0.2) is 4.57 Å². The summed E-state index contributed by atoms with van der Waals surface area (Å²) >= 11 is 0. The number of para-hydroxylation sites is 4. The third-order valence-electron chi connectivity index (χ3n) is 8.01. The van der Waals surface area contributed by atoms with E-state index in [1.54, 1.807) is 0 Å². The Balaban J connectivity index is 1.35. The third kappa shape index (κ3) is 2.82. The molecular formula is C36H21NO2. The van der Waals surface area contributed by atoms with E-state index in [2.05, 4.69) is 120 Å². The molecule has 0 unspecified atom stereocenters. The van der Waals surface area contributed by atoms with Crippen molar-refractivity contribution >= 4 is 65.7 Å². The molecule has 182 valence electrons. The first kappa shape index (κ1) is 20.7. The summed E-state index contributed by atoms with van der Waals surface area (Å²) in [6.45, 7) is 0. The topological polar surface area (TPSA) is 31.2 Å². The first-order chi connectivity index (χ1) is 19.3. The first-order valence-electron chi connectivity index (χ1n) is 13.2. The summed E-state index contributed by atoms with van der Waals surface area (Å²) in [7, 11) is 0. The maximum Gasteiger partial charge on any atom is 0.159 e. The lowest BCUT2D eigenvalue weighted by Gasteiger charge is -2.08. The van der Waals surface area contributed by atoms with Crippen molar-refractivity contribution < 1.29 is 8.83 Å². The Morgan fingerprint density at radius 1 is 0.436 bits per heavy atom. The summed E-state index contributed by atoms with van der Waals surface area (Å²) in [4.78, 5) is 0. The molecule has 3 heteroatoms. The van der Waals surface area contributed by atoms with Gasteiger partial charge >= 0.3 is 0 Å². The van der Waals surface area contributed by atoms with Crippen molar-refractivity contribution in [3.05, 3.63) is 127 Å². The van der Waals surface area contributed by atoms with E-state index >= 15 is 0 Å². The molecule has 6 aromatic carbocycles. The molecule has 39 heavy (non-hydrogen) atoms. The quantitative estimate of drug-likeness (QED) is 0.237. The van der Waals surface area contributed by atoms with Crippen molar-refractivity contribution in [2.24, 2.45) is 0 Å². The highest BCUT2D eigenvalue weighted by atomic mass is 16.3. The summed E-state index contributed by atoms with van der Waals surface area (Å²) in [5.74, 6) is 0. The summed E-state index contributed by atoms with van der Waals surface area (Å²) in [6, 6.07) is 44.7. The van der Waals surface area contributed by atoms with E-state index in [9.17, 15) is 0 Å². The minimum Gasteiger partial charge on any atom is -0.456 e. The number of rotatable bonds is 2. The Morgan fingerprint density at radius 2 is 1.08 bits per heavy atom. The molecule has 0 bridgehead atoms. The van der Waals surface area contributed by atoms with Crippen LogP contribution in [0.3, 0.4) is 0 Å². The van der Waals surface area contributed by atoms with E-state index in [0.29, 0.717) is 0 Å². The van der Waals surface area contributed by atoms with Crippen LogP contribution in [0, 0.1) is 0 Å². The Hall–Kier alpha value is -5.28. The molecule has 9 rings (SSSR count). The number of furan rings is 2. The van der Waals surface area contributed by atoms with Gasteiger partial charge in [0.25, 0.3) is 0 Å². The molecule has 0 aliphatic carbocycles. The van der Waals surface area contributed by atoms with Gasteiger partial charge in [-0.2, -0.15) is 0 Å². The van der Waals surface area contributed by atoms with E-state index < -0.39 is 0 Å². The second-order valence-corrected chi connectivity index (χ2v) is 10.1. The van der Waals surface area contributed by atoms with Crippen molar-refractivity contribution in [3.63, 3.8) is 0 Å². The fraction of sp³-hybridized carbons (Fsp3) is 0. The van der Waals surface area contributed by atoms with Gasteiger partial charge in [-0.25, -0.2) is 0 Å². The molecule has 0 radical (unpaired) electrons. The van der Waals surface area contributed by atoms with Crippen LogP contribution < -0.4 is 0 Å². The fourth-order valence-corrected chi connectivity index (χ4v) is 6.33. The summed E-state index contributed by atoms with van der Waals surface area (Å²) in [5.41, 5.74) is 9.26. The van der Waals surface area contributed by atoms with E-state index in [1.807, 2.05) is 12.1 Å². The average Bonchev–Trinajstić information content (AvgIpc) is 3.66. The predicted molar refractivity (Wildman–Crippen MR) is 161 cm³/mol. The van der Waals surface area contributed by atoms with Crippen molar-refractivity contribution in [1.82, 2.24) is 4.57 Å². The normalized spacial score (nSPS) is 12.1.